The number of carbonyl (C=O) groups is 3. The van der Waals surface area contributed by atoms with Crippen LogP contribution in [0.25, 0.3) is 0 Å². The van der Waals surface area contributed by atoms with Crippen LogP contribution in [0.5, 0.6) is 17.4 Å². The number of hydrogen-bond donors (Lipinski definition) is 1. The van der Waals surface area contributed by atoms with Crippen LogP contribution >= 0.6 is 0 Å². The van der Waals surface area contributed by atoms with Crippen molar-refractivity contribution in [1.82, 2.24) is 15.2 Å². The molecule has 2 aromatic carbocycles. The molecule has 4 rings (SSSR count). The fourth-order valence-electron chi connectivity index (χ4n) is 3.28. The Morgan fingerprint density at radius 2 is 1.75 bits per heavy atom. The normalized spacial score (nSPS) is 12.5. The second kappa shape index (κ2) is 8.89. The van der Waals surface area contributed by atoms with E-state index in [1.165, 1.54) is 25.2 Å². The van der Waals surface area contributed by atoms with Gasteiger partial charge in [-0.1, -0.05) is 18.2 Å². The van der Waals surface area contributed by atoms with E-state index in [0.717, 1.165) is 10.5 Å². The van der Waals surface area contributed by atoms with Crippen molar-refractivity contribution < 1.29 is 23.9 Å². The Labute approximate surface area is 184 Å². The monoisotopic (exact) mass is 431 g/mol. The third-order valence-electron chi connectivity index (χ3n) is 4.97. The standard InChI is InChI=1S/C24H21N3O5/c1-3-31-19-6-4-5-7-20(19)32-21-11-8-15(13-25-21)14-26-22(28)16-9-10-17-18(12-16)24(30)27(2)23(17)29/h4-13H,3,14H2,1-2H3,(H,26,28). The van der Waals surface area contributed by atoms with E-state index < -0.39 is 5.91 Å². The van der Waals surface area contributed by atoms with Gasteiger partial charge in [-0.25, -0.2) is 4.98 Å². The summed E-state index contributed by atoms with van der Waals surface area (Å²) >= 11 is 0. The van der Waals surface area contributed by atoms with Gasteiger partial charge in [0, 0.05) is 31.4 Å². The largest absolute Gasteiger partial charge is 0.490 e. The quantitative estimate of drug-likeness (QED) is 0.576. The Bertz CT molecular complexity index is 1190. The summed E-state index contributed by atoms with van der Waals surface area (Å²) in [7, 11) is 1.42. The first kappa shape index (κ1) is 21.0. The van der Waals surface area contributed by atoms with Gasteiger partial charge in [0.2, 0.25) is 5.88 Å². The molecule has 162 valence electrons. The minimum Gasteiger partial charge on any atom is -0.490 e. The number of aromatic nitrogens is 1. The smallest absolute Gasteiger partial charge is 0.261 e. The average Bonchev–Trinajstić information content (AvgIpc) is 3.03. The fourth-order valence-corrected chi connectivity index (χ4v) is 3.28. The van der Waals surface area contributed by atoms with Gasteiger partial charge < -0.3 is 14.8 Å². The average molecular weight is 431 g/mol. The summed E-state index contributed by atoms with van der Waals surface area (Å²) in [4.78, 5) is 41.9. The topological polar surface area (TPSA) is 97.8 Å². The van der Waals surface area contributed by atoms with Crippen LogP contribution in [0.4, 0.5) is 0 Å². The molecule has 0 saturated heterocycles. The van der Waals surface area contributed by atoms with E-state index in [-0.39, 0.29) is 23.9 Å². The van der Waals surface area contributed by atoms with Crippen LogP contribution in [0.2, 0.25) is 0 Å². The van der Waals surface area contributed by atoms with Crippen LogP contribution in [0, 0.1) is 0 Å². The molecule has 0 spiro atoms. The molecule has 0 saturated carbocycles. The number of fused-ring (bicyclic) bond motifs is 1. The maximum atomic E-state index is 12.5. The second-order valence-corrected chi connectivity index (χ2v) is 7.10. The van der Waals surface area contributed by atoms with E-state index in [1.807, 2.05) is 25.1 Å². The lowest BCUT2D eigenvalue weighted by atomic mass is 10.1. The lowest BCUT2D eigenvalue weighted by molar-refractivity contribution is 0.0693. The molecule has 1 aliphatic heterocycles. The maximum Gasteiger partial charge on any atom is 0.261 e. The summed E-state index contributed by atoms with van der Waals surface area (Å²) in [5.41, 5.74) is 1.62. The van der Waals surface area contributed by atoms with Gasteiger partial charge in [0.1, 0.15) is 0 Å². The van der Waals surface area contributed by atoms with Crippen LogP contribution in [0.1, 0.15) is 43.6 Å². The fraction of sp³-hybridized carbons (Fsp3) is 0.167. The van der Waals surface area contributed by atoms with E-state index in [1.54, 1.807) is 24.4 Å². The Morgan fingerprint density at radius 1 is 1.00 bits per heavy atom. The zero-order valence-electron chi connectivity index (χ0n) is 17.6. The van der Waals surface area contributed by atoms with Crippen molar-refractivity contribution >= 4 is 17.7 Å². The van der Waals surface area contributed by atoms with E-state index >= 15 is 0 Å². The van der Waals surface area contributed by atoms with Crippen LogP contribution < -0.4 is 14.8 Å². The predicted molar refractivity (Wildman–Crippen MR) is 116 cm³/mol. The summed E-state index contributed by atoms with van der Waals surface area (Å²) in [6, 6.07) is 15.3. The molecule has 1 aromatic heterocycles. The molecular formula is C24H21N3O5. The lowest BCUT2D eigenvalue weighted by Crippen LogP contribution is -2.24. The van der Waals surface area contributed by atoms with Crippen molar-refractivity contribution in [3.63, 3.8) is 0 Å². The Balaban J connectivity index is 1.38. The van der Waals surface area contributed by atoms with E-state index in [9.17, 15) is 14.4 Å². The van der Waals surface area contributed by atoms with Crippen molar-refractivity contribution in [2.45, 2.75) is 13.5 Å². The number of pyridine rings is 1. The summed E-state index contributed by atoms with van der Waals surface area (Å²) < 4.78 is 11.3. The maximum absolute atomic E-state index is 12.5. The number of nitrogens with one attached hydrogen (secondary N) is 1. The van der Waals surface area contributed by atoms with Gasteiger partial charge in [0.05, 0.1) is 17.7 Å². The van der Waals surface area contributed by atoms with Gasteiger partial charge in [-0.05, 0) is 42.8 Å². The molecule has 8 heteroatoms. The Morgan fingerprint density at radius 3 is 2.47 bits per heavy atom. The highest BCUT2D eigenvalue weighted by Gasteiger charge is 2.33. The second-order valence-electron chi connectivity index (χ2n) is 7.10. The van der Waals surface area contributed by atoms with Crippen LogP contribution in [-0.4, -0.2) is 41.3 Å². The summed E-state index contributed by atoms with van der Waals surface area (Å²) in [6.07, 6.45) is 1.61. The van der Waals surface area contributed by atoms with Gasteiger partial charge in [0.15, 0.2) is 11.5 Å². The third kappa shape index (κ3) is 4.15. The van der Waals surface area contributed by atoms with Crippen molar-refractivity contribution in [3.8, 4) is 17.4 Å². The molecule has 1 aliphatic rings. The lowest BCUT2D eigenvalue weighted by Gasteiger charge is -2.11. The number of rotatable bonds is 7. The minimum atomic E-state index is -0.412. The predicted octanol–water partition coefficient (Wildman–Crippen LogP) is 3.43. The van der Waals surface area contributed by atoms with Crippen molar-refractivity contribution in [1.29, 1.82) is 0 Å². The van der Waals surface area contributed by atoms with Gasteiger partial charge in [0.25, 0.3) is 17.7 Å². The zero-order chi connectivity index (χ0) is 22.7. The Hall–Kier alpha value is -4.20. The Kier molecular flexibility index (Phi) is 5.85. The number of imide groups is 1. The van der Waals surface area contributed by atoms with E-state index in [4.69, 9.17) is 9.47 Å². The highest BCUT2D eigenvalue weighted by atomic mass is 16.5. The first-order chi connectivity index (χ1) is 15.5. The number of hydrogen-bond acceptors (Lipinski definition) is 6. The van der Waals surface area contributed by atoms with Crippen molar-refractivity contribution in [2.75, 3.05) is 13.7 Å². The zero-order valence-corrected chi connectivity index (χ0v) is 17.6. The highest BCUT2D eigenvalue weighted by Crippen LogP contribution is 2.30. The van der Waals surface area contributed by atoms with Gasteiger partial charge in [-0.2, -0.15) is 0 Å². The molecule has 0 fully saturated rings. The number of para-hydroxylation sites is 2. The molecule has 2 heterocycles. The van der Waals surface area contributed by atoms with Crippen LogP contribution in [-0.2, 0) is 6.54 Å². The molecule has 8 nitrogen and oxygen atoms in total. The summed E-state index contributed by atoms with van der Waals surface area (Å²) in [6.45, 7) is 2.67. The third-order valence-corrected chi connectivity index (χ3v) is 4.97. The number of nitrogens with zero attached hydrogens (tertiary/aromatic N) is 2. The number of ether oxygens (including phenoxy) is 2. The first-order valence-electron chi connectivity index (χ1n) is 10.1. The van der Waals surface area contributed by atoms with Crippen LogP contribution in [0.3, 0.4) is 0 Å². The number of amides is 3. The molecule has 0 unspecified atom stereocenters. The van der Waals surface area contributed by atoms with Crippen LogP contribution in [0.15, 0.2) is 60.8 Å². The van der Waals surface area contributed by atoms with Gasteiger partial charge in [-0.3, -0.25) is 19.3 Å². The first-order valence-corrected chi connectivity index (χ1v) is 10.1. The molecular weight excluding hydrogens is 410 g/mol. The molecule has 3 amide bonds. The van der Waals surface area contributed by atoms with E-state index in [0.29, 0.717) is 35.1 Å². The SMILES string of the molecule is CCOc1ccccc1Oc1ccc(CNC(=O)c2ccc3c(c2)C(=O)N(C)C3=O)cn1. The molecule has 0 atom stereocenters. The van der Waals surface area contributed by atoms with Crippen molar-refractivity contribution in [3.05, 3.63) is 83.0 Å². The minimum absolute atomic E-state index is 0.237. The molecule has 0 bridgehead atoms. The summed E-state index contributed by atoms with van der Waals surface area (Å²) in [5, 5.41) is 2.79. The molecule has 1 N–H and O–H groups in total. The van der Waals surface area contributed by atoms with E-state index in [2.05, 4.69) is 10.3 Å². The molecule has 0 radical (unpaired) electrons. The van der Waals surface area contributed by atoms with Crippen molar-refractivity contribution in [2.24, 2.45) is 0 Å². The molecule has 32 heavy (non-hydrogen) atoms. The molecule has 0 aliphatic carbocycles. The van der Waals surface area contributed by atoms with Gasteiger partial charge >= 0.3 is 0 Å². The van der Waals surface area contributed by atoms with Gasteiger partial charge in [-0.15, -0.1) is 0 Å². The highest BCUT2D eigenvalue weighted by molar-refractivity contribution is 6.21. The number of benzene rings is 2. The molecule has 3 aromatic rings. The number of carbonyl (C=O) groups excluding carboxylic acids is 3. The summed E-state index contributed by atoms with van der Waals surface area (Å²) in [5.74, 6) is 0.471.